The zero-order chi connectivity index (χ0) is 10.6. The highest BCUT2D eigenvalue weighted by atomic mass is 35.5. The molecule has 0 N–H and O–H groups in total. The first-order chi connectivity index (χ1) is 6.58. The molecule has 1 amide bonds. The Balaban J connectivity index is 2.58. The van der Waals surface area contributed by atoms with Crippen molar-refractivity contribution in [2.24, 2.45) is 5.41 Å². The lowest BCUT2D eigenvalue weighted by molar-refractivity contribution is -0.138. The Hall–Kier alpha value is 0.110. The summed E-state index contributed by atoms with van der Waals surface area (Å²) < 4.78 is 0. The summed E-state index contributed by atoms with van der Waals surface area (Å²) in [4.78, 5) is 14.0. The van der Waals surface area contributed by atoms with Gasteiger partial charge in [0.25, 0.3) is 0 Å². The van der Waals surface area contributed by atoms with Crippen molar-refractivity contribution in [2.75, 3.05) is 30.5 Å². The van der Waals surface area contributed by atoms with Crippen molar-refractivity contribution in [1.29, 1.82) is 0 Å². The molecule has 1 heterocycles. The lowest BCUT2D eigenvalue weighted by atomic mass is 9.94. The zero-order valence-corrected chi connectivity index (χ0v) is 10.5. The van der Waals surface area contributed by atoms with Gasteiger partial charge >= 0.3 is 0 Å². The van der Waals surface area contributed by atoms with Crippen molar-refractivity contribution in [3.05, 3.63) is 0 Å². The van der Waals surface area contributed by atoms with Crippen LogP contribution in [0.4, 0.5) is 0 Å². The molecule has 0 aromatic rings. The molecular formula is C10H18ClNOS. The van der Waals surface area contributed by atoms with Crippen LogP contribution in [-0.2, 0) is 4.79 Å². The minimum absolute atomic E-state index is 0.204. The Labute approximate surface area is 95.4 Å². The summed E-state index contributed by atoms with van der Waals surface area (Å²) in [6, 6.07) is 0. The van der Waals surface area contributed by atoms with Gasteiger partial charge in [-0.1, -0.05) is 0 Å². The molecule has 1 saturated heterocycles. The molecule has 0 aliphatic carbocycles. The van der Waals surface area contributed by atoms with Gasteiger partial charge in [0.2, 0.25) is 5.91 Å². The molecule has 0 radical (unpaired) electrons. The second-order valence-corrected chi connectivity index (χ2v) is 5.77. The Morgan fingerprint density at radius 1 is 1.43 bits per heavy atom. The number of amides is 1. The maximum atomic E-state index is 12.0. The average molecular weight is 236 g/mol. The van der Waals surface area contributed by atoms with Gasteiger partial charge in [-0.3, -0.25) is 4.79 Å². The van der Waals surface area contributed by atoms with E-state index in [-0.39, 0.29) is 5.91 Å². The van der Waals surface area contributed by atoms with E-state index >= 15 is 0 Å². The molecule has 1 aliphatic rings. The largest absolute Gasteiger partial charge is 0.341 e. The maximum Gasteiger partial charge on any atom is 0.229 e. The number of carbonyl (C=O) groups is 1. The number of nitrogens with zero attached hydrogens (tertiary/aromatic N) is 1. The van der Waals surface area contributed by atoms with Crippen molar-refractivity contribution in [1.82, 2.24) is 4.90 Å². The first-order valence-corrected chi connectivity index (χ1v) is 6.70. The van der Waals surface area contributed by atoms with Crippen LogP contribution in [0.1, 0.15) is 20.3 Å². The van der Waals surface area contributed by atoms with E-state index in [2.05, 4.69) is 0 Å². The molecule has 1 fully saturated rings. The van der Waals surface area contributed by atoms with Gasteiger partial charge in [0, 0.05) is 24.7 Å². The van der Waals surface area contributed by atoms with Crippen LogP contribution in [0.2, 0.25) is 0 Å². The average Bonchev–Trinajstić information content (AvgIpc) is 2.44. The number of carbonyl (C=O) groups excluding carboxylic acids is 1. The molecule has 0 aromatic heterocycles. The van der Waals surface area contributed by atoms with Gasteiger partial charge in [-0.25, -0.2) is 0 Å². The summed E-state index contributed by atoms with van der Waals surface area (Å²) in [7, 11) is 0. The summed E-state index contributed by atoms with van der Waals surface area (Å²) in [5, 5.41) is 0. The summed E-state index contributed by atoms with van der Waals surface area (Å²) in [5.74, 6) is 2.83. The predicted octanol–water partition coefficient (Wildman–Crippen LogP) is 2.22. The minimum atomic E-state index is -0.406. The molecule has 82 valence electrons. The predicted molar refractivity (Wildman–Crippen MR) is 63.0 cm³/mol. The van der Waals surface area contributed by atoms with Crippen LogP contribution in [0.25, 0.3) is 0 Å². The van der Waals surface area contributed by atoms with Crippen molar-refractivity contribution >= 4 is 29.3 Å². The lowest BCUT2D eigenvalue weighted by Crippen LogP contribution is -2.43. The van der Waals surface area contributed by atoms with Crippen LogP contribution in [0.3, 0.4) is 0 Å². The number of alkyl halides is 1. The Morgan fingerprint density at radius 3 is 2.79 bits per heavy atom. The van der Waals surface area contributed by atoms with Crippen LogP contribution in [0.15, 0.2) is 0 Å². The van der Waals surface area contributed by atoms with Gasteiger partial charge < -0.3 is 4.90 Å². The molecule has 0 spiro atoms. The van der Waals surface area contributed by atoms with E-state index in [1.54, 1.807) is 0 Å². The van der Waals surface area contributed by atoms with Crippen LogP contribution in [0.5, 0.6) is 0 Å². The van der Waals surface area contributed by atoms with E-state index in [4.69, 9.17) is 11.6 Å². The Morgan fingerprint density at radius 2 is 2.14 bits per heavy atom. The van der Waals surface area contributed by atoms with E-state index in [1.807, 2.05) is 30.5 Å². The molecular weight excluding hydrogens is 218 g/mol. The quantitative estimate of drug-likeness (QED) is 0.685. The molecule has 14 heavy (non-hydrogen) atoms. The lowest BCUT2D eigenvalue weighted by Gasteiger charge is -2.29. The fourth-order valence-corrected chi connectivity index (χ4v) is 2.44. The number of hydrogen-bond donors (Lipinski definition) is 0. The van der Waals surface area contributed by atoms with Crippen LogP contribution in [-0.4, -0.2) is 41.3 Å². The van der Waals surface area contributed by atoms with Gasteiger partial charge in [0.15, 0.2) is 0 Å². The van der Waals surface area contributed by atoms with Crippen molar-refractivity contribution in [3.8, 4) is 0 Å². The summed E-state index contributed by atoms with van der Waals surface area (Å²) in [5.41, 5.74) is -0.406. The Kier molecular flexibility index (Phi) is 4.58. The first kappa shape index (κ1) is 12.2. The first-order valence-electron chi connectivity index (χ1n) is 5.01. The second-order valence-electron chi connectivity index (χ2n) is 4.28. The third kappa shape index (κ3) is 3.06. The topological polar surface area (TPSA) is 20.3 Å². The molecule has 0 saturated carbocycles. The monoisotopic (exact) mass is 235 g/mol. The number of rotatable bonds is 2. The van der Waals surface area contributed by atoms with Gasteiger partial charge in [-0.05, 0) is 26.0 Å². The second kappa shape index (κ2) is 5.26. The molecule has 0 atom stereocenters. The van der Waals surface area contributed by atoms with E-state index < -0.39 is 5.41 Å². The van der Waals surface area contributed by atoms with Gasteiger partial charge in [-0.15, -0.1) is 11.6 Å². The summed E-state index contributed by atoms with van der Waals surface area (Å²) in [6.45, 7) is 5.61. The fourth-order valence-electron chi connectivity index (χ4n) is 1.43. The summed E-state index contributed by atoms with van der Waals surface area (Å²) in [6.07, 6.45) is 1.11. The normalized spacial score (nSPS) is 19.2. The molecule has 0 aromatic carbocycles. The number of halogens is 1. The Bertz CT molecular complexity index is 200. The fraction of sp³-hybridized carbons (Fsp3) is 0.900. The smallest absolute Gasteiger partial charge is 0.229 e. The van der Waals surface area contributed by atoms with E-state index in [9.17, 15) is 4.79 Å². The van der Waals surface area contributed by atoms with Crippen LogP contribution < -0.4 is 0 Å². The minimum Gasteiger partial charge on any atom is -0.341 e. The number of hydrogen-bond acceptors (Lipinski definition) is 2. The standard InChI is InChI=1S/C10H18ClNOS/c1-10(2,8-11)9(13)12-4-3-6-14-7-5-12/h3-8H2,1-2H3. The molecule has 4 heteroatoms. The molecule has 2 nitrogen and oxygen atoms in total. The van der Waals surface area contributed by atoms with Crippen molar-refractivity contribution in [2.45, 2.75) is 20.3 Å². The molecule has 0 unspecified atom stereocenters. The van der Waals surface area contributed by atoms with Crippen molar-refractivity contribution < 1.29 is 4.79 Å². The van der Waals surface area contributed by atoms with E-state index in [0.717, 1.165) is 25.3 Å². The SMILES string of the molecule is CC(C)(CCl)C(=O)N1CCCSCC1. The highest BCUT2D eigenvalue weighted by molar-refractivity contribution is 7.99. The maximum absolute atomic E-state index is 12.0. The molecule has 1 aliphatic heterocycles. The zero-order valence-electron chi connectivity index (χ0n) is 8.88. The van der Waals surface area contributed by atoms with Gasteiger partial charge in [0.1, 0.15) is 0 Å². The van der Waals surface area contributed by atoms with Crippen LogP contribution in [0, 0.1) is 5.41 Å². The van der Waals surface area contributed by atoms with Crippen molar-refractivity contribution in [3.63, 3.8) is 0 Å². The molecule has 1 rings (SSSR count). The van der Waals surface area contributed by atoms with E-state index in [1.165, 1.54) is 5.75 Å². The van der Waals surface area contributed by atoms with Crippen LogP contribution >= 0.6 is 23.4 Å². The van der Waals surface area contributed by atoms with E-state index in [0.29, 0.717) is 5.88 Å². The van der Waals surface area contributed by atoms with Gasteiger partial charge in [-0.2, -0.15) is 11.8 Å². The highest BCUT2D eigenvalue weighted by Gasteiger charge is 2.31. The summed E-state index contributed by atoms with van der Waals surface area (Å²) >= 11 is 7.72. The molecule has 0 bridgehead atoms. The van der Waals surface area contributed by atoms with Gasteiger partial charge in [0.05, 0.1) is 5.41 Å². The third-order valence-corrected chi connectivity index (χ3v) is 4.14. The third-order valence-electron chi connectivity index (χ3n) is 2.42. The highest BCUT2D eigenvalue weighted by Crippen LogP contribution is 2.22. The number of thioether (sulfide) groups is 1.